The van der Waals surface area contributed by atoms with E-state index >= 15 is 0 Å². The van der Waals surface area contributed by atoms with Gasteiger partial charge in [-0.25, -0.2) is 0 Å². The summed E-state index contributed by atoms with van der Waals surface area (Å²) in [4.78, 5) is 0. The molecule has 1 nitrogen and oxygen atoms in total. The Balaban J connectivity index is 3.53. The highest BCUT2D eigenvalue weighted by Crippen LogP contribution is 2.09. The van der Waals surface area contributed by atoms with Gasteiger partial charge in [-0.2, -0.15) is 0 Å². The first-order valence-electron chi connectivity index (χ1n) is 3.02. The number of hydrogen-bond acceptors (Lipinski definition) is 1. The van der Waals surface area contributed by atoms with E-state index in [4.69, 9.17) is 5.73 Å². The maximum absolute atomic E-state index is 5.76. The molecule has 0 bridgehead atoms. The van der Waals surface area contributed by atoms with Crippen LogP contribution in [-0.4, -0.2) is 5.54 Å². The van der Waals surface area contributed by atoms with E-state index in [1.807, 2.05) is 13.0 Å². The Hall–Kier alpha value is -0.300. The molecule has 0 saturated carbocycles. The van der Waals surface area contributed by atoms with Crippen molar-refractivity contribution in [1.29, 1.82) is 0 Å². The Morgan fingerprint density at radius 1 is 1.75 bits per heavy atom. The molecule has 0 aromatic carbocycles. The van der Waals surface area contributed by atoms with Crippen LogP contribution in [0.25, 0.3) is 0 Å². The molecule has 8 heavy (non-hydrogen) atoms. The molecule has 2 N–H and O–H groups in total. The highest BCUT2D eigenvalue weighted by atomic mass is 14.7. The second-order valence-electron chi connectivity index (χ2n) is 2.50. The Labute approximate surface area is 51.6 Å². The fourth-order valence-electron chi connectivity index (χ4n) is 0.474. The van der Waals surface area contributed by atoms with Crippen molar-refractivity contribution in [1.82, 2.24) is 0 Å². The molecular weight excluding hydrogens is 98.1 g/mol. The van der Waals surface area contributed by atoms with E-state index in [2.05, 4.69) is 13.5 Å². The zero-order valence-electron chi connectivity index (χ0n) is 5.78. The van der Waals surface area contributed by atoms with Gasteiger partial charge in [-0.1, -0.05) is 13.0 Å². The Morgan fingerprint density at radius 2 is 2.25 bits per heavy atom. The van der Waals surface area contributed by atoms with Crippen LogP contribution in [0.3, 0.4) is 0 Å². The number of rotatable bonds is 3. The predicted octanol–water partition coefficient (Wildman–Crippen LogP) is 1.69. The van der Waals surface area contributed by atoms with Crippen molar-refractivity contribution in [3.05, 3.63) is 12.7 Å². The molecule has 0 heterocycles. The zero-order chi connectivity index (χ0) is 6.62. The second-order valence-corrected chi connectivity index (χ2v) is 2.50. The van der Waals surface area contributed by atoms with Crippen molar-refractivity contribution in [2.24, 2.45) is 5.73 Å². The van der Waals surface area contributed by atoms with Crippen molar-refractivity contribution < 1.29 is 0 Å². The van der Waals surface area contributed by atoms with E-state index < -0.39 is 0 Å². The van der Waals surface area contributed by atoms with Crippen molar-refractivity contribution in [3.8, 4) is 0 Å². The van der Waals surface area contributed by atoms with Gasteiger partial charge in [0.2, 0.25) is 0 Å². The second kappa shape index (κ2) is 2.88. The van der Waals surface area contributed by atoms with E-state index in [0.717, 1.165) is 12.8 Å². The average Bonchev–Trinajstić information content (AvgIpc) is 1.67. The van der Waals surface area contributed by atoms with Crippen LogP contribution in [0.4, 0.5) is 0 Å². The molecule has 1 atom stereocenters. The standard InChI is InChI=1S/C7H15N/c1-4-6-7(3,8)5-2/h4H,1,5-6,8H2,2-3H3/t7-/m1/s1. The van der Waals surface area contributed by atoms with Crippen LogP contribution in [0.2, 0.25) is 0 Å². The van der Waals surface area contributed by atoms with E-state index in [0.29, 0.717) is 0 Å². The fourth-order valence-corrected chi connectivity index (χ4v) is 0.474. The molecule has 0 radical (unpaired) electrons. The molecule has 0 aromatic rings. The minimum absolute atomic E-state index is 0.0260. The lowest BCUT2D eigenvalue weighted by Gasteiger charge is -2.19. The van der Waals surface area contributed by atoms with Gasteiger partial charge in [0.05, 0.1) is 0 Å². The third-order valence-electron chi connectivity index (χ3n) is 1.42. The summed E-state index contributed by atoms with van der Waals surface area (Å²) in [5.74, 6) is 0. The average molecular weight is 113 g/mol. The highest BCUT2D eigenvalue weighted by molar-refractivity contribution is 4.85. The molecule has 0 rings (SSSR count). The lowest BCUT2D eigenvalue weighted by molar-refractivity contribution is 0.459. The van der Waals surface area contributed by atoms with Gasteiger partial charge >= 0.3 is 0 Å². The number of nitrogens with two attached hydrogens (primary N) is 1. The molecule has 48 valence electrons. The minimum atomic E-state index is -0.0260. The summed E-state index contributed by atoms with van der Waals surface area (Å²) < 4.78 is 0. The van der Waals surface area contributed by atoms with Gasteiger partial charge in [0.15, 0.2) is 0 Å². The molecule has 0 aliphatic heterocycles. The lowest BCUT2D eigenvalue weighted by atomic mass is 9.96. The zero-order valence-corrected chi connectivity index (χ0v) is 5.78. The molecule has 1 heteroatoms. The summed E-state index contributed by atoms with van der Waals surface area (Å²) in [5.41, 5.74) is 5.73. The van der Waals surface area contributed by atoms with Gasteiger partial charge in [-0.3, -0.25) is 0 Å². The Kier molecular flexibility index (Phi) is 2.77. The molecule has 0 aliphatic carbocycles. The van der Waals surface area contributed by atoms with Gasteiger partial charge in [0, 0.05) is 5.54 Å². The summed E-state index contributed by atoms with van der Waals surface area (Å²) in [5, 5.41) is 0. The summed E-state index contributed by atoms with van der Waals surface area (Å²) in [6.07, 6.45) is 3.78. The largest absolute Gasteiger partial charge is 0.325 e. The smallest absolute Gasteiger partial charge is 0.0157 e. The molecule has 0 amide bonds. The SMILES string of the molecule is C=CC[C@](C)(N)CC. The summed E-state index contributed by atoms with van der Waals surface area (Å²) >= 11 is 0. The van der Waals surface area contributed by atoms with Gasteiger partial charge in [-0.15, -0.1) is 6.58 Å². The van der Waals surface area contributed by atoms with Crippen LogP contribution < -0.4 is 5.73 Å². The van der Waals surface area contributed by atoms with Crippen LogP contribution in [0.15, 0.2) is 12.7 Å². The summed E-state index contributed by atoms with van der Waals surface area (Å²) in [6.45, 7) is 7.74. The van der Waals surface area contributed by atoms with E-state index in [9.17, 15) is 0 Å². The lowest BCUT2D eigenvalue weighted by Crippen LogP contribution is -2.34. The van der Waals surface area contributed by atoms with Crippen LogP contribution in [0.1, 0.15) is 26.7 Å². The summed E-state index contributed by atoms with van der Waals surface area (Å²) in [6, 6.07) is 0. The van der Waals surface area contributed by atoms with Crippen LogP contribution in [-0.2, 0) is 0 Å². The number of hydrogen-bond donors (Lipinski definition) is 1. The Morgan fingerprint density at radius 3 is 2.38 bits per heavy atom. The molecule has 0 saturated heterocycles. The molecule has 0 fully saturated rings. The third kappa shape index (κ3) is 2.80. The van der Waals surface area contributed by atoms with Crippen molar-refractivity contribution >= 4 is 0 Å². The van der Waals surface area contributed by atoms with Crippen LogP contribution >= 0.6 is 0 Å². The van der Waals surface area contributed by atoms with Crippen molar-refractivity contribution in [2.75, 3.05) is 0 Å². The van der Waals surface area contributed by atoms with Crippen LogP contribution in [0.5, 0.6) is 0 Å². The minimum Gasteiger partial charge on any atom is -0.325 e. The molecule has 0 aliphatic rings. The normalized spacial score (nSPS) is 17.4. The van der Waals surface area contributed by atoms with Gasteiger partial charge in [0.1, 0.15) is 0 Å². The third-order valence-corrected chi connectivity index (χ3v) is 1.42. The maximum Gasteiger partial charge on any atom is 0.0157 e. The van der Waals surface area contributed by atoms with Crippen molar-refractivity contribution in [3.63, 3.8) is 0 Å². The van der Waals surface area contributed by atoms with E-state index in [1.54, 1.807) is 0 Å². The molecule has 0 unspecified atom stereocenters. The van der Waals surface area contributed by atoms with Gasteiger partial charge in [-0.05, 0) is 19.8 Å². The fraction of sp³-hybridized carbons (Fsp3) is 0.714. The van der Waals surface area contributed by atoms with Crippen LogP contribution in [0, 0.1) is 0 Å². The monoisotopic (exact) mass is 113 g/mol. The van der Waals surface area contributed by atoms with Crippen molar-refractivity contribution in [2.45, 2.75) is 32.2 Å². The first-order valence-corrected chi connectivity index (χ1v) is 3.02. The van der Waals surface area contributed by atoms with Gasteiger partial charge < -0.3 is 5.73 Å². The van der Waals surface area contributed by atoms with E-state index in [1.165, 1.54) is 0 Å². The summed E-state index contributed by atoms with van der Waals surface area (Å²) in [7, 11) is 0. The molecular formula is C7H15N. The first kappa shape index (κ1) is 7.70. The highest BCUT2D eigenvalue weighted by Gasteiger charge is 2.11. The topological polar surface area (TPSA) is 26.0 Å². The van der Waals surface area contributed by atoms with E-state index in [-0.39, 0.29) is 5.54 Å². The quantitative estimate of drug-likeness (QED) is 0.554. The maximum atomic E-state index is 5.76. The molecule has 0 aromatic heterocycles. The Bertz CT molecular complexity index is 74.5. The van der Waals surface area contributed by atoms with Gasteiger partial charge in [0.25, 0.3) is 0 Å². The molecule has 0 spiro atoms. The first-order chi connectivity index (χ1) is 3.62. The predicted molar refractivity (Wildman–Crippen MR) is 37.7 cm³/mol.